The average molecular weight is 169 g/mol. The van der Waals surface area contributed by atoms with Gasteiger partial charge in [-0.05, 0) is 47.0 Å². The van der Waals surface area contributed by atoms with Gasteiger partial charge in [0, 0.05) is 17.6 Å². The fourth-order valence-corrected chi connectivity index (χ4v) is 2.68. The second-order valence-corrected chi connectivity index (χ2v) is 5.07. The maximum atomic E-state index is 2.69. The van der Waals surface area contributed by atoms with Crippen molar-refractivity contribution in [2.75, 3.05) is 0 Å². The van der Waals surface area contributed by atoms with E-state index in [1.165, 1.54) is 19.3 Å². The zero-order valence-electron chi connectivity index (χ0n) is 9.22. The molecular weight excluding hydrogens is 146 g/mol. The first kappa shape index (κ1) is 10.0. The van der Waals surface area contributed by atoms with E-state index in [0.29, 0.717) is 5.54 Å². The van der Waals surface area contributed by atoms with Crippen molar-refractivity contribution in [2.24, 2.45) is 0 Å². The lowest BCUT2D eigenvalue weighted by molar-refractivity contribution is 0.0815. The quantitative estimate of drug-likeness (QED) is 0.583. The molecule has 0 amide bonds. The van der Waals surface area contributed by atoms with E-state index in [1.807, 2.05) is 0 Å². The Morgan fingerprint density at radius 2 is 1.83 bits per heavy atom. The van der Waals surface area contributed by atoms with Gasteiger partial charge in [-0.25, -0.2) is 0 Å². The molecule has 1 fully saturated rings. The molecule has 0 aliphatic carbocycles. The van der Waals surface area contributed by atoms with Crippen LogP contribution in [0.25, 0.3) is 0 Å². The second kappa shape index (κ2) is 3.37. The van der Waals surface area contributed by atoms with Crippen LogP contribution in [0.15, 0.2) is 0 Å². The Morgan fingerprint density at radius 3 is 2.17 bits per heavy atom. The zero-order valence-corrected chi connectivity index (χ0v) is 9.22. The summed E-state index contributed by atoms with van der Waals surface area (Å²) in [6, 6.07) is 1.62. The van der Waals surface area contributed by atoms with E-state index in [2.05, 4.69) is 39.5 Å². The molecule has 1 heteroatoms. The summed E-state index contributed by atoms with van der Waals surface area (Å²) >= 11 is 0. The van der Waals surface area contributed by atoms with Gasteiger partial charge in [-0.1, -0.05) is 6.92 Å². The van der Waals surface area contributed by atoms with Crippen LogP contribution in [-0.2, 0) is 0 Å². The summed E-state index contributed by atoms with van der Waals surface area (Å²) in [6.07, 6.45) is 4.09. The minimum absolute atomic E-state index is 0.358. The molecule has 2 atom stereocenters. The number of likely N-dealkylation sites (tertiary alicyclic amines) is 1. The van der Waals surface area contributed by atoms with Gasteiger partial charge in [-0.3, -0.25) is 4.90 Å². The smallest absolute Gasteiger partial charge is 0.0130 e. The van der Waals surface area contributed by atoms with Crippen molar-refractivity contribution in [3.8, 4) is 0 Å². The van der Waals surface area contributed by atoms with Crippen molar-refractivity contribution in [3.05, 3.63) is 0 Å². The Kier molecular flexibility index (Phi) is 2.82. The Hall–Kier alpha value is -0.0400. The standard InChI is InChI=1S/C11H23N/c1-6-10-8-7-9(2)12(10)11(3,4)5/h9-10H,6-8H2,1-5H3/t9-,10?/m0/s1. The highest BCUT2D eigenvalue weighted by molar-refractivity contribution is 4.91. The first-order chi connectivity index (χ1) is 5.46. The predicted molar refractivity (Wildman–Crippen MR) is 54.4 cm³/mol. The third-order valence-corrected chi connectivity index (χ3v) is 3.03. The average Bonchev–Trinajstić information content (AvgIpc) is 2.29. The van der Waals surface area contributed by atoms with Gasteiger partial charge in [0.1, 0.15) is 0 Å². The van der Waals surface area contributed by atoms with Crippen LogP contribution in [0, 0.1) is 0 Å². The van der Waals surface area contributed by atoms with Gasteiger partial charge in [0.25, 0.3) is 0 Å². The molecule has 0 saturated carbocycles. The molecular formula is C11H23N. The normalized spacial score (nSPS) is 32.8. The molecule has 1 unspecified atom stereocenters. The number of nitrogens with zero attached hydrogens (tertiary/aromatic N) is 1. The number of rotatable bonds is 1. The lowest BCUT2D eigenvalue weighted by Crippen LogP contribution is -2.47. The molecule has 1 aliphatic heterocycles. The van der Waals surface area contributed by atoms with Crippen LogP contribution in [0.5, 0.6) is 0 Å². The third kappa shape index (κ3) is 1.82. The van der Waals surface area contributed by atoms with E-state index in [4.69, 9.17) is 0 Å². The first-order valence-corrected chi connectivity index (χ1v) is 5.25. The maximum Gasteiger partial charge on any atom is 0.0130 e. The lowest BCUT2D eigenvalue weighted by Gasteiger charge is -2.40. The van der Waals surface area contributed by atoms with E-state index in [1.54, 1.807) is 0 Å². The van der Waals surface area contributed by atoms with E-state index < -0.39 is 0 Å². The highest BCUT2D eigenvalue weighted by Crippen LogP contribution is 2.32. The van der Waals surface area contributed by atoms with Crippen molar-refractivity contribution in [3.63, 3.8) is 0 Å². The van der Waals surface area contributed by atoms with Gasteiger partial charge >= 0.3 is 0 Å². The highest BCUT2D eigenvalue weighted by Gasteiger charge is 2.36. The summed E-state index contributed by atoms with van der Waals surface area (Å²) in [6.45, 7) is 11.7. The molecule has 1 nitrogen and oxygen atoms in total. The Labute approximate surface area is 77.1 Å². The van der Waals surface area contributed by atoms with Gasteiger partial charge in [-0.2, -0.15) is 0 Å². The molecule has 72 valence electrons. The molecule has 0 bridgehead atoms. The van der Waals surface area contributed by atoms with Crippen LogP contribution in [0.1, 0.15) is 53.9 Å². The molecule has 1 rings (SSSR count). The molecule has 1 aliphatic rings. The van der Waals surface area contributed by atoms with E-state index >= 15 is 0 Å². The van der Waals surface area contributed by atoms with Crippen LogP contribution in [0.4, 0.5) is 0 Å². The second-order valence-electron chi connectivity index (χ2n) is 5.07. The van der Waals surface area contributed by atoms with Crippen molar-refractivity contribution in [1.29, 1.82) is 0 Å². The molecule has 0 aromatic heterocycles. The van der Waals surface area contributed by atoms with Crippen molar-refractivity contribution in [1.82, 2.24) is 4.90 Å². The first-order valence-electron chi connectivity index (χ1n) is 5.25. The van der Waals surface area contributed by atoms with Crippen LogP contribution in [0.2, 0.25) is 0 Å². The molecule has 0 aromatic rings. The van der Waals surface area contributed by atoms with Gasteiger partial charge in [-0.15, -0.1) is 0 Å². The van der Waals surface area contributed by atoms with Crippen molar-refractivity contribution >= 4 is 0 Å². The summed E-state index contributed by atoms with van der Waals surface area (Å²) < 4.78 is 0. The molecule has 1 saturated heterocycles. The third-order valence-electron chi connectivity index (χ3n) is 3.03. The summed E-state index contributed by atoms with van der Waals surface area (Å²) in [4.78, 5) is 2.69. The summed E-state index contributed by atoms with van der Waals surface area (Å²) in [5.74, 6) is 0. The van der Waals surface area contributed by atoms with Gasteiger partial charge in [0.2, 0.25) is 0 Å². The van der Waals surface area contributed by atoms with Crippen LogP contribution >= 0.6 is 0 Å². The Balaban J connectivity index is 2.70. The zero-order chi connectivity index (χ0) is 9.35. The van der Waals surface area contributed by atoms with Crippen molar-refractivity contribution in [2.45, 2.75) is 71.5 Å². The summed E-state index contributed by atoms with van der Waals surface area (Å²) in [5.41, 5.74) is 0.358. The van der Waals surface area contributed by atoms with Crippen LogP contribution in [0.3, 0.4) is 0 Å². The highest BCUT2D eigenvalue weighted by atomic mass is 15.3. The van der Waals surface area contributed by atoms with Crippen LogP contribution in [-0.4, -0.2) is 22.5 Å². The molecule has 0 radical (unpaired) electrons. The molecule has 0 aromatic carbocycles. The number of hydrogen-bond donors (Lipinski definition) is 0. The molecule has 12 heavy (non-hydrogen) atoms. The van der Waals surface area contributed by atoms with Crippen LogP contribution < -0.4 is 0 Å². The molecule has 1 heterocycles. The number of hydrogen-bond acceptors (Lipinski definition) is 1. The SMILES string of the molecule is CCC1CC[C@H](C)N1C(C)(C)C. The Morgan fingerprint density at radius 1 is 1.25 bits per heavy atom. The fourth-order valence-electron chi connectivity index (χ4n) is 2.68. The van der Waals surface area contributed by atoms with Gasteiger partial charge in [0.05, 0.1) is 0 Å². The summed E-state index contributed by atoms with van der Waals surface area (Å²) in [5, 5.41) is 0. The molecule has 0 N–H and O–H groups in total. The predicted octanol–water partition coefficient (Wildman–Crippen LogP) is 3.05. The largest absolute Gasteiger partial charge is 0.293 e. The maximum absolute atomic E-state index is 2.69. The minimum atomic E-state index is 0.358. The topological polar surface area (TPSA) is 3.24 Å². The lowest BCUT2D eigenvalue weighted by atomic mass is 10.0. The monoisotopic (exact) mass is 169 g/mol. The summed E-state index contributed by atoms with van der Waals surface area (Å²) in [7, 11) is 0. The van der Waals surface area contributed by atoms with Crippen molar-refractivity contribution < 1.29 is 0 Å². The minimum Gasteiger partial charge on any atom is -0.293 e. The van der Waals surface area contributed by atoms with E-state index in [0.717, 1.165) is 12.1 Å². The van der Waals surface area contributed by atoms with Gasteiger partial charge in [0.15, 0.2) is 0 Å². The van der Waals surface area contributed by atoms with E-state index in [9.17, 15) is 0 Å². The fraction of sp³-hybridized carbons (Fsp3) is 1.00. The Bertz CT molecular complexity index is 146. The van der Waals surface area contributed by atoms with E-state index in [-0.39, 0.29) is 0 Å². The van der Waals surface area contributed by atoms with Gasteiger partial charge < -0.3 is 0 Å². The molecule has 0 spiro atoms.